The molecule has 1 rings (SSSR count). The van der Waals surface area contributed by atoms with E-state index in [0.29, 0.717) is 12.5 Å². The fourth-order valence-corrected chi connectivity index (χ4v) is 1.22. The van der Waals surface area contributed by atoms with Gasteiger partial charge in [0.2, 0.25) is 0 Å². The third kappa shape index (κ3) is 1.86. The van der Waals surface area contributed by atoms with Crippen molar-refractivity contribution in [1.82, 2.24) is 0 Å². The maximum atomic E-state index is 5.51. The monoisotopic (exact) mass is 178 g/mol. The van der Waals surface area contributed by atoms with Gasteiger partial charge in [0.1, 0.15) is 0 Å². The predicted molar refractivity (Wildman–Crippen MR) is 50.7 cm³/mol. The normalized spacial score (nSPS) is 27.5. The maximum absolute atomic E-state index is 5.51. The molecule has 70 valence electrons. The summed E-state index contributed by atoms with van der Waals surface area (Å²) in [6.45, 7) is 4.68. The highest BCUT2D eigenvalue weighted by Gasteiger charge is 2.40. The molecule has 1 aliphatic heterocycles. The lowest BCUT2D eigenvalue weighted by Crippen LogP contribution is -2.28. The Hall–Kier alpha value is -0.960. The first-order valence-electron chi connectivity index (χ1n) is 4.44. The Bertz CT molecular complexity index is 242. The second kappa shape index (κ2) is 3.83. The molecule has 0 aliphatic carbocycles. The largest absolute Gasteiger partial charge is 0.327 e. The summed E-state index contributed by atoms with van der Waals surface area (Å²) in [7, 11) is 0. The van der Waals surface area contributed by atoms with Crippen LogP contribution in [0.15, 0.2) is 0 Å². The minimum Gasteiger partial charge on any atom is -0.327 e. The zero-order valence-electron chi connectivity index (χ0n) is 8.04. The Morgan fingerprint density at radius 2 is 2.15 bits per heavy atom. The Morgan fingerprint density at radius 3 is 2.54 bits per heavy atom. The molecule has 2 nitrogen and oxygen atoms in total. The molecule has 0 aromatic heterocycles. The van der Waals surface area contributed by atoms with Crippen LogP contribution in [-0.4, -0.2) is 18.5 Å². The standard InChI is InChI=1S/C11H14O2/c1-5-9(4)10-8-12-11(6-2,7-3)13-10/h2-3,9-10H,5,8H2,1,4H3. The van der Waals surface area contributed by atoms with E-state index in [2.05, 4.69) is 25.7 Å². The van der Waals surface area contributed by atoms with Crippen LogP contribution in [0.1, 0.15) is 20.3 Å². The van der Waals surface area contributed by atoms with Gasteiger partial charge in [-0.3, -0.25) is 0 Å². The summed E-state index contributed by atoms with van der Waals surface area (Å²) in [6, 6.07) is 0. The van der Waals surface area contributed by atoms with Crippen molar-refractivity contribution in [2.45, 2.75) is 32.2 Å². The summed E-state index contributed by atoms with van der Waals surface area (Å²) < 4.78 is 10.8. The van der Waals surface area contributed by atoms with E-state index in [0.717, 1.165) is 6.42 Å². The zero-order valence-corrected chi connectivity index (χ0v) is 8.04. The smallest absolute Gasteiger partial charge is 0.300 e. The minimum absolute atomic E-state index is 0.0251. The average Bonchev–Trinajstić information content (AvgIpc) is 2.61. The lowest BCUT2D eigenvalue weighted by molar-refractivity contribution is -0.0802. The molecular weight excluding hydrogens is 164 g/mol. The second-order valence-corrected chi connectivity index (χ2v) is 3.26. The van der Waals surface area contributed by atoms with E-state index >= 15 is 0 Å². The van der Waals surface area contributed by atoms with Crippen LogP contribution < -0.4 is 0 Å². The van der Waals surface area contributed by atoms with Gasteiger partial charge in [-0.25, -0.2) is 0 Å². The summed E-state index contributed by atoms with van der Waals surface area (Å²) in [5.74, 6) is 3.92. The second-order valence-electron chi connectivity index (χ2n) is 3.26. The van der Waals surface area contributed by atoms with Crippen molar-refractivity contribution in [2.24, 2.45) is 5.92 Å². The van der Waals surface area contributed by atoms with Gasteiger partial charge < -0.3 is 9.47 Å². The summed E-state index contributed by atoms with van der Waals surface area (Å²) in [6.07, 6.45) is 11.5. The van der Waals surface area contributed by atoms with Crippen LogP contribution >= 0.6 is 0 Å². The molecule has 1 heterocycles. The third-order valence-corrected chi connectivity index (χ3v) is 2.43. The molecule has 13 heavy (non-hydrogen) atoms. The molecule has 2 unspecified atom stereocenters. The topological polar surface area (TPSA) is 18.5 Å². The molecular formula is C11H14O2. The minimum atomic E-state index is -1.21. The number of rotatable bonds is 2. The first-order valence-corrected chi connectivity index (χ1v) is 4.44. The maximum Gasteiger partial charge on any atom is 0.300 e. The first-order chi connectivity index (χ1) is 6.17. The predicted octanol–water partition coefficient (Wildman–Crippen LogP) is 1.41. The summed E-state index contributed by atoms with van der Waals surface area (Å²) in [4.78, 5) is 0. The molecule has 1 saturated heterocycles. The molecule has 0 spiro atoms. The molecule has 2 heteroatoms. The van der Waals surface area contributed by atoms with Gasteiger partial charge in [-0.15, -0.1) is 12.8 Å². The molecule has 1 fully saturated rings. The molecule has 0 bridgehead atoms. The van der Waals surface area contributed by atoms with Gasteiger partial charge in [-0.1, -0.05) is 20.3 Å². The van der Waals surface area contributed by atoms with E-state index < -0.39 is 5.79 Å². The van der Waals surface area contributed by atoms with Crippen molar-refractivity contribution in [2.75, 3.05) is 6.61 Å². The number of hydrogen-bond acceptors (Lipinski definition) is 2. The van der Waals surface area contributed by atoms with Crippen molar-refractivity contribution in [3.05, 3.63) is 0 Å². The lowest BCUT2D eigenvalue weighted by Gasteiger charge is -2.18. The van der Waals surface area contributed by atoms with E-state index in [9.17, 15) is 0 Å². The SMILES string of the molecule is C#CC1(C#C)OCC(C(C)CC)O1. The molecule has 0 N–H and O–H groups in total. The van der Waals surface area contributed by atoms with E-state index in [1.807, 2.05) is 0 Å². The highest BCUT2D eigenvalue weighted by Crippen LogP contribution is 2.27. The van der Waals surface area contributed by atoms with Gasteiger partial charge in [0.05, 0.1) is 12.7 Å². The Morgan fingerprint density at radius 1 is 1.54 bits per heavy atom. The van der Waals surface area contributed by atoms with Crippen LogP contribution in [0, 0.1) is 30.6 Å². The molecule has 0 amide bonds. The average molecular weight is 178 g/mol. The van der Waals surface area contributed by atoms with Crippen LogP contribution in [-0.2, 0) is 9.47 Å². The van der Waals surface area contributed by atoms with Crippen LogP contribution in [0.3, 0.4) is 0 Å². The van der Waals surface area contributed by atoms with Crippen LogP contribution in [0.5, 0.6) is 0 Å². The van der Waals surface area contributed by atoms with Crippen molar-refractivity contribution in [3.8, 4) is 24.7 Å². The number of ether oxygens (including phenoxy) is 2. The Kier molecular flexibility index (Phi) is 2.98. The molecule has 0 radical (unpaired) electrons. The number of terminal acetylenes is 2. The van der Waals surface area contributed by atoms with E-state index in [1.165, 1.54) is 0 Å². The zero-order chi connectivity index (χ0) is 9.90. The highest BCUT2D eigenvalue weighted by molar-refractivity contribution is 5.21. The molecule has 2 atom stereocenters. The van der Waals surface area contributed by atoms with Crippen molar-refractivity contribution >= 4 is 0 Å². The van der Waals surface area contributed by atoms with Crippen molar-refractivity contribution in [1.29, 1.82) is 0 Å². The van der Waals surface area contributed by atoms with E-state index in [1.54, 1.807) is 0 Å². The van der Waals surface area contributed by atoms with Gasteiger partial charge >= 0.3 is 5.79 Å². The molecule has 0 aromatic rings. The van der Waals surface area contributed by atoms with Gasteiger partial charge in [-0.2, -0.15) is 0 Å². The lowest BCUT2D eigenvalue weighted by atomic mass is 10.0. The van der Waals surface area contributed by atoms with Gasteiger partial charge in [-0.05, 0) is 17.8 Å². The molecule has 0 saturated carbocycles. The van der Waals surface area contributed by atoms with Crippen LogP contribution in [0.2, 0.25) is 0 Å². The fourth-order valence-electron chi connectivity index (χ4n) is 1.22. The quantitative estimate of drug-likeness (QED) is 0.595. The number of hydrogen-bond donors (Lipinski definition) is 0. The van der Waals surface area contributed by atoms with Gasteiger partial charge in [0.15, 0.2) is 0 Å². The highest BCUT2D eigenvalue weighted by atomic mass is 16.7. The van der Waals surface area contributed by atoms with Gasteiger partial charge in [0, 0.05) is 0 Å². The Balaban J connectivity index is 2.65. The van der Waals surface area contributed by atoms with Crippen molar-refractivity contribution in [3.63, 3.8) is 0 Å². The fraction of sp³-hybridized carbons (Fsp3) is 0.636. The molecule has 0 aromatic carbocycles. The van der Waals surface area contributed by atoms with Crippen LogP contribution in [0.4, 0.5) is 0 Å². The van der Waals surface area contributed by atoms with Gasteiger partial charge in [0.25, 0.3) is 0 Å². The third-order valence-electron chi connectivity index (χ3n) is 2.43. The first kappa shape index (κ1) is 10.1. The summed E-state index contributed by atoms with van der Waals surface area (Å²) in [5, 5.41) is 0. The summed E-state index contributed by atoms with van der Waals surface area (Å²) in [5.41, 5.74) is 0. The van der Waals surface area contributed by atoms with E-state index in [4.69, 9.17) is 22.3 Å². The summed E-state index contributed by atoms with van der Waals surface area (Å²) >= 11 is 0. The van der Waals surface area contributed by atoms with Crippen molar-refractivity contribution < 1.29 is 9.47 Å². The van der Waals surface area contributed by atoms with Crippen LogP contribution in [0.25, 0.3) is 0 Å². The Labute approximate surface area is 79.6 Å². The van der Waals surface area contributed by atoms with E-state index in [-0.39, 0.29) is 6.10 Å². The molecule has 1 aliphatic rings.